The molecule has 2 unspecified atom stereocenters. The first-order valence-electron chi connectivity index (χ1n) is 7.28. The van der Waals surface area contributed by atoms with Gasteiger partial charge >= 0.3 is 0 Å². The highest BCUT2D eigenvalue weighted by Crippen LogP contribution is 2.42. The molecule has 1 aromatic rings. The van der Waals surface area contributed by atoms with Crippen molar-refractivity contribution >= 4 is 5.69 Å². The standard InChI is InChI=1S/C16H24N2/c1-12-5-3-4-6-16(12)18-14-7-8-15(18)10-13(9-14)11-17-2/h3-6,13-15,17H,7-11H2,1-2H3. The zero-order chi connectivity index (χ0) is 12.5. The monoisotopic (exact) mass is 244 g/mol. The fourth-order valence-electron chi connectivity index (χ4n) is 3.99. The van der Waals surface area contributed by atoms with Gasteiger partial charge in [0.15, 0.2) is 0 Å². The molecule has 2 bridgehead atoms. The van der Waals surface area contributed by atoms with Gasteiger partial charge in [0.1, 0.15) is 0 Å². The van der Waals surface area contributed by atoms with E-state index in [1.54, 1.807) is 0 Å². The summed E-state index contributed by atoms with van der Waals surface area (Å²) in [4.78, 5) is 2.72. The van der Waals surface area contributed by atoms with Crippen LogP contribution in [-0.4, -0.2) is 25.7 Å². The molecule has 0 aromatic heterocycles. The van der Waals surface area contributed by atoms with Crippen LogP contribution in [0.2, 0.25) is 0 Å². The number of nitrogens with zero attached hydrogens (tertiary/aromatic N) is 1. The molecule has 1 aromatic carbocycles. The van der Waals surface area contributed by atoms with Gasteiger partial charge in [0.2, 0.25) is 0 Å². The molecule has 2 heteroatoms. The van der Waals surface area contributed by atoms with Crippen LogP contribution in [0.4, 0.5) is 5.69 Å². The topological polar surface area (TPSA) is 15.3 Å². The molecule has 0 radical (unpaired) electrons. The maximum Gasteiger partial charge on any atom is 0.0400 e. The van der Waals surface area contributed by atoms with Gasteiger partial charge in [-0.2, -0.15) is 0 Å². The van der Waals surface area contributed by atoms with E-state index in [1.807, 2.05) is 0 Å². The smallest absolute Gasteiger partial charge is 0.0400 e. The van der Waals surface area contributed by atoms with E-state index in [0.717, 1.165) is 18.0 Å². The van der Waals surface area contributed by atoms with Crippen molar-refractivity contribution in [2.24, 2.45) is 5.92 Å². The predicted molar refractivity (Wildman–Crippen MR) is 77.1 cm³/mol. The maximum absolute atomic E-state index is 3.35. The Morgan fingerprint density at radius 2 is 1.83 bits per heavy atom. The Labute approximate surface area is 110 Å². The van der Waals surface area contributed by atoms with Gasteiger partial charge in [-0.25, -0.2) is 0 Å². The molecule has 3 rings (SSSR count). The molecule has 2 saturated heterocycles. The summed E-state index contributed by atoms with van der Waals surface area (Å²) in [6.07, 6.45) is 5.51. The summed E-state index contributed by atoms with van der Waals surface area (Å²) in [6, 6.07) is 10.4. The zero-order valence-electron chi connectivity index (χ0n) is 11.5. The second-order valence-electron chi connectivity index (χ2n) is 5.97. The first-order chi connectivity index (χ1) is 8.79. The van der Waals surface area contributed by atoms with Gasteiger partial charge in [0.25, 0.3) is 0 Å². The molecule has 2 aliphatic heterocycles. The highest BCUT2D eigenvalue weighted by Gasteiger charge is 2.40. The molecule has 1 N–H and O–H groups in total. The van der Waals surface area contributed by atoms with Crippen molar-refractivity contribution in [3.63, 3.8) is 0 Å². The molecule has 0 aliphatic carbocycles. The molecular formula is C16H24N2. The van der Waals surface area contributed by atoms with E-state index in [9.17, 15) is 0 Å². The summed E-state index contributed by atoms with van der Waals surface area (Å²) in [7, 11) is 2.08. The Bertz CT molecular complexity index is 401. The SMILES string of the molecule is CNCC1CC2CCC(C1)N2c1ccccc1C. The van der Waals surface area contributed by atoms with Gasteiger partial charge in [-0.1, -0.05) is 18.2 Å². The minimum absolute atomic E-state index is 0.781. The lowest BCUT2D eigenvalue weighted by atomic mass is 9.90. The molecule has 2 atom stereocenters. The van der Waals surface area contributed by atoms with Gasteiger partial charge in [-0.05, 0) is 63.7 Å². The van der Waals surface area contributed by atoms with E-state index in [1.165, 1.54) is 43.5 Å². The number of hydrogen-bond acceptors (Lipinski definition) is 2. The van der Waals surface area contributed by atoms with Crippen LogP contribution in [0.3, 0.4) is 0 Å². The maximum atomic E-state index is 3.35. The molecule has 2 aliphatic rings. The van der Waals surface area contributed by atoms with Crippen LogP contribution in [0, 0.1) is 12.8 Å². The molecule has 18 heavy (non-hydrogen) atoms. The van der Waals surface area contributed by atoms with Crippen molar-refractivity contribution in [3.05, 3.63) is 29.8 Å². The van der Waals surface area contributed by atoms with E-state index >= 15 is 0 Å². The minimum atomic E-state index is 0.781. The van der Waals surface area contributed by atoms with Crippen molar-refractivity contribution < 1.29 is 0 Å². The summed E-state index contributed by atoms with van der Waals surface area (Å²) in [5.74, 6) is 0.882. The average molecular weight is 244 g/mol. The number of benzene rings is 1. The van der Waals surface area contributed by atoms with E-state index in [2.05, 4.69) is 48.5 Å². The molecule has 0 amide bonds. The quantitative estimate of drug-likeness (QED) is 0.879. The highest BCUT2D eigenvalue weighted by molar-refractivity contribution is 5.56. The summed E-state index contributed by atoms with van der Waals surface area (Å²) in [5, 5.41) is 3.35. The highest BCUT2D eigenvalue weighted by atomic mass is 15.2. The molecular weight excluding hydrogens is 220 g/mol. The summed E-state index contributed by atoms with van der Waals surface area (Å²) >= 11 is 0. The molecule has 0 saturated carbocycles. The third-order valence-corrected chi connectivity index (χ3v) is 4.72. The molecule has 2 heterocycles. The van der Waals surface area contributed by atoms with Crippen LogP contribution in [0.15, 0.2) is 24.3 Å². The van der Waals surface area contributed by atoms with Crippen molar-refractivity contribution in [1.29, 1.82) is 0 Å². The van der Waals surface area contributed by atoms with Crippen LogP contribution >= 0.6 is 0 Å². The number of hydrogen-bond donors (Lipinski definition) is 1. The first kappa shape index (κ1) is 12.0. The van der Waals surface area contributed by atoms with Crippen LogP contribution in [0.5, 0.6) is 0 Å². The second-order valence-corrected chi connectivity index (χ2v) is 5.97. The average Bonchev–Trinajstić information content (AvgIpc) is 2.62. The minimum Gasteiger partial charge on any atom is -0.365 e. The lowest BCUT2D eigenvalue weighted by Crippen LogP contribution is -2.45. The Hall–Kier alpha value is -1.02. The Kier molecular flexibility index (Phi) is 3.29. The Morgan fingerprint density at radius 3 is 2.44 bits per heavy atom. The van der Waals surface area contributed by atoms with E-state index in [0.29, 0.717) is 0 Å². The number of anilines is 1. The number of aryl methyl sites for hydroxylation is 1. The number of fused-ring (bicyclic) bond motifs is 2. The van der Waals surface area contributed by atoms with Crippen LogP contribution in [0.25, 0.3) is 0 Å². The summed E-state index contributed by atoms with van der Waals surface area (Å²) in [5.41, 5.74) is 2.91. The van der Waals surface area contributed by atoms with E-state index < -0.39 is 0 Å². The molecule has 98 valence electrons. The molecule has 0 spiro atoms. The first-order valence-corrected chi connectivity index (χ1v) is 7.28. The van der Waals surface area contributed by atoms with Gasteiger partial charge in [0.05, 0.1) is 0 Å². The predicted octanol–water partition coefficient (Wildman–Crippen LogP) is 2.96. The van der Waals surface area contributed by atoms with Crippen molar-refractivity contribution in [2.45, 2.75) is 44.7 Å². The fraction of sp³-hybridized carbons (Fsp3) is 0.625. The molecule has 2 nitrogen and oxygen atoms in total. The lowest BCUT2D eigenvalue weighted by Gasteiger charge is -2.41. The van der Waals surface area contributed by atoms with Gasteiger partial charge in [0, 0.05) is 17.8 Å². The van der Waals surface area contributed by atoms with E-state index in [-0.39, 0.29) is 0 Å². The van der Waals surface area contributed by atoms with Gasteiger partial charge in [-0.15, -0.1) is 0 Å². The van der Waals surface area contributed by atoms with Crippen molar-refractivity contribution in [3.8, 4) is 0 Å². The van der Waals surface area contributed by atoms with Gasteiger partial charge in [-0.3, -0.25) is 0 Å². The third kappa shape index (κ3) is 2.03. The van der Waals surface area contributed by atoms with Crippen LogP contribution in [-0.2, 0) is 0 Å². The number of nitrogens with one attached hydrogen (secondary N) is 1. The van der Waals surface area contributed by atoms with Crippen molar-refractivity contribution in [1.82, 2.24) is 5.32 Å². The van der Waals surface area contributed by atoms with E-state index in [4.69, 9.17) is 0 Å². The Morgan fingerprint density at radius 1 is 1.17 bits per heavy atom. The van der Waals surface area contributed by atoms with Crippen LogP contribution < -0.4 is 10.2 Å². The Balaban J connectivity index is 1.82. The normalized spacial score (nSPS) is 30.8. The number of rotatable bonds is 3. The summed E-state index contributed by atoms with van der Waals surface area (Å²) in [6.45, 7) is 3.43. The lowest BCUT2D eigenvalue weighted by molar-refractivity contribution is 0.332. The summed E-state index contributed by atoms with van der Waals surface area (Å²) < 4.78 is 0. The third-order valence-electron chi connectivity index (χ3n) is 4.72. The fourth-order valence-corrected chi connectivity index (χ4v) is 3.99. The largest absolute Gasteiger partial charge is 0.365 e. The van der Waals surface area contributed by atoms with Gasteiger partial charge < -0.3 is 10.2 Å². The van der Waals surface area contributed by atoms with Crippen molar-refractivity contribution in [2.75, 3.05) is 18.5 Å². The molecule has 2 fully saturated rings. The second kappa shape index (κ2) is 4.93. The number of piperidine rings is 1. The number of para-hydroxylation sites is 1. The van der Waals surface area contributed by atoms with Crippen LogP contribution in [0.1, 0.15) is 31.2 Å². The zero-order valence-corrected chi connectivity index (χ0v) is 11.5.